The second-order valence-corrected chi connectivity index (χ2v) is 7.96. The molecule has 2 aliphatic heterocycles. The second kappa shape index (κ2) is 7.29. The van der Waals surface area contributed by atoms with Gasteiger partial charge in [0, 0.05) is 24.5 Å². The number of rotatable bonds is 5. The summed E-state index contributed by atoms with van der Waals surface area (Å²) in [5, 5.41) is 12.0. The first-order chi connectivity index (χ1) is 13.8. The van der Waals surface area contributed by atoms with Crippen molar-refractivity contribution in [1.82, 2.24) is 25.1 Å². The summed E-state index contributed by atoms with van der Waals surface area (Å²) in [4.78, 5) is 24.7. The molecule has 8 heteroatoms. The fourth-order valence-electron chi connectivity index (χ4n) is 3.75. The van der Waals surface area contributed by atoms with Crippen LogP contribution in [0, 0.1) is 0 Å². The van der Waals surface area contributed by atoms with E-state index in [0.717, 1.165) is 34.0 Å². The Bertz CT molecular complexity index is 965. The van der Waals surface area contributed by atoms with Crippen LogP contribution in [-0.2, 0) is 11.4 Å². The number of piperidine rings is 1. The van der Waals surface area contributed by atoms with Crippen LogP contribution >= 0.6 is 11.3 Å². The highest BCUT2D eigenvalue weighted by molar-refractivity contribution is 7.14. The maximum absolute atomic E-state index is 12.9. The molecule has 28 heavy (non-hydrogen) atoms. The Morgan fingerprint density at radius 2 is 1.89 bits per heavy atom. The van der Waals surface area contributed by atoms with Crippen molar-refractivity contribution in [3.63, 3.8) is 0 Å². The van der Waals surface area contributed by atoms with Crippen molar-refractivity contribution in [3.8, 4) is 10.6 Å². The van der Waals surface area contributed by atoms with Crippen LogP contribution in [-0.4, -0.2) is 43.8 Å². The van der Waals surface area contributed by atoms with Crippen molar-refractivity contribution in [2.45, 2.75) is 31.5 Å². The SMILES string of the molecule is O=C1N2C[C@@H](CC[C@H]2c2nnc(-c3ccncc3)s2)N1OCc1ccccc1. The summed E-state index contributed by atoms with van der Waals surface area (Å²) in [5.41, 5.74) is 2.04. The molecule has 0 spiro atoms. The van der Waals surface area contributed by atoms with Crippen molar-refractivity contribution >= 4 is 17.4 Å². The number of nitrogens with zero attached hydrogens (tertiary/aromatic N) is 5. The van der Waals surface area contributed by atoms with Gasteiger partial charge in [-0.1, -0.05) is 41.7 Å². The van der Waals surface area contributed by atoms with Gasteiger partial charge < -0.3 is 4.90 Å². The third-order valence-corrected chi connectivity index (χ3v) is 6.26. The van der Waals surface area contributed by atoms with E-state index in [9.17, 15) is 4.79 Å². The minimum Gasteiger partial charge on any atom is -0.311 e. The molecule has 0 saturated carbocycles. The van der Waals surface area contributed by atoms with Gasteiger partial charge in [-0.3, -0.25) is 9.82 Å². The molecule has 2 fully saturated rings. The lowest BCUT2D eigenvalue weighted by Crippen LogP contribution is -2.33. The second-order valence-electron chi connectivity index (χ2n) is 6.95. The van der Waals surface area contributed by atoms with E-state index in [2.05, 4.69) is 15.2 Å². The van der Waals surface area contributed by atoms with Gasteiger partial charge in [0.05, 0.1) is 12.1 Å². The number of hydroxylamine groups is 2. The van der Waals surface area contributed by atoms with E-state index in [1.54, 1.807) is 28.8 Å². The molecule has 2 atom stereocenters. The van der Waals surface area contributed by atoms with Crippen LogP contribution in [0.4, 0.5) is 4.79 Å². The van der Waals surface area contributed by atoms with Crippen LogP contribution in [0.25, 0.3) is 10.6 Å². The number of benzene rings is 1. The molecular weight excluding hydrogens is 374 g/mol. The molecule has 7 nitrogen and oxygen atoms in total. The topological polar surface area (TPSA) is 71.5 Å². The Morgan fingerprint density at radius 1 is 1.07 bits per heavy atom. The standard InChI is InChI=1S/C20H19N5O2S/c26-20-24-12-16(25(20)27-13-14-4-2-1-3-5-14)6-7-17(24)19-23-22-18(28-19)15-8-10-21-11-9-15/h1-5,8-11,16-17H,6-7,12-13H2/t16-,17+/m1/s1. The van der Waals surface area contributed by atoms with Gasteiger partial charge in [-0.2, -0.15) is 5.06 Å². The number of aromatic nitrogens is 3. The summed E-state index contributed by atoms with van der Waals surface area (Å²) in [6.45, 7) is 1.06. The van der Waals surface area contributed by atoms with Crippen molar-refractivity contribution in [2.75, 3.05) is 6.54 Å². The van der Waals surface area contributed by atoms with Gasteiger partial charge in [0.2, 0.25) is 0 Å². The Kier molecular flexibility index (Phi) is 4.50. The van der Waals surface area contributed by atoms with E-state index < -0.39 is 0 Å². The lowest BCUT2D eigenvalue weighted by molar-refractivity contribution is -0.140. The number of hydrogen-bond donors (Lipinski definition) is 0. The molecule has 142 valence electrons. The molecule has 3 aromatic rings. The minimum absolute atomic E-state index is 0.0397. The van der Waals surface area contributed by atoms with E-state index in [0.29, 0.717) is 13.2 Å². The van der Waals surface area contributed by atoms with E-state index in [1.807, 2.05) is 47.4 Å². The fraction of sp³-hybridized carbons (Fsp3) is 0.300. The number of hydrogen-bond acceptors (Lipinski definition) is 6. The monoisotopic (exact) mass is 393 g/mol. The maximum Gasteiger partial charge on any atom is 0.344 e. The average Bonchev–Trinajstić information content (AvgIpc) is 3.33. The van der Waals surface area contributed by atoms with Gasteiger partial charge in [-0.15, -0.1) is 10.2 Å². The Morgan fingerprint density at radius 3 is 2.71 bits per heavy atom. The van der Waals surface area contributed by atoms with E-state index >= 15 is 0 Å². The zero-order chi connectivity index (χ0) is 18.9. The Hall–Kier alpha value is -2.84. The first kappa shape index (κ1) is 17.3. The van der Waals surface area contributed by atoms with Crippen LogP contribution in [0.15, 0.2) is 54.9 Å². The fourth-order valence-corrected chi connectivity index (χ4v) is 4.75. The first-order valence-corrected chi connectivity index (χ1v) is 10.1. The summed E-state index contributed by atoms with van der Waals surface area (Å²) in [6.07, 6.45) is 5.25. The Labute approximate surface area is 166 Å². The van der Waals surface area contributed by atoms with Crippen LogP contribution in [0.2, 0.25) is 0 Å². The summed E-state index contributed by atoms with van der Waals surface area (Å²) in [7, 11) is 0. The molecule has 2 aromatic heterocycles. The van der Waals surface area contributed by atoms with Crippen LogP contribution in [0.3, 0.4) is 0 Å². The number of amides is 2. The predicted molar refractivity (Wildman–Crippen MR) is 104 cm³/mol. The number of fused-ring (bicyclic) bond motifs is 2. The van der Waals surface area contributed by atoms with Gasteiger partial charge in [-0.05, 0) is 30.5 Å². The molecular formula is C20H19N5O2S. The molecule has 0 unspecified atom stereocenters. The Balaban J connectivity index is 1.31. The van der Waals surface area contributed by atoms with Crippen molar-refractivity contribution in [1.29, 1.82) is 0 Å². The normalized spacial score (nSPS) is 21.4. The van der Waals surface area contributed by atoms with Crippen LogP contribution in [0.5, 0.6) is 0 Å². The molecule has 0 N–H and O–H groups in total. The number of pyridine rings is 1. The molecule has 2 amide bonds. The summed E-state index contributed by atoms with van der Waals surface area (Å²) in [5.74, 6) is 0. The van der Waals surface area contributed by atoms with Gasteiger partial charge in [0.1, 0.15) is 16.6 Å². The van der Waals surface area contributed by atoms with Gasteiger partial charge in [0.15, 0.2) is 0 Å². The minimum atomic E-state index is -0.0795. The van der Waals surface area contributed by atoms with Gasteiger partial charge in [0.25, 0.3) is 0 Å². The molecule has 0 radical (unpaired) electrons. The van der Waals surface area contributed by atoms with Crippen LogP contribution in [0.1, 0.15) is 29.5 Å². The number of carbonyl (C=O) groups is 1. The van der Waals surface area contributed by atoms with E-state index in [1.165, 1.54) is 0 Å². The summed E-state index contributed by atoms with van der Waals surface area (Å²) in [6, 6.07) is 13.7. The third-order valence-electron chi connectivity index (χ3n) is 5.19. The molecule has 2 aliphatic rings. The summed E-state index contributed by atoms with van der Waals surface area (Å²) >= 11 is 1.54. The zero-order valence-electron chi connectivity index (χ0n) is 15.1. The average molecular weight is 393 g/mol. The summed E-state index contributed by atoms with van der Waals surface area (Å²) < 4.78 is 0. The quantitative estimate of drug-likeness (QED) is 0.661. The van der Waals surface area contributed by atoms with Gasteiger partial charge in [-0.25, -0.2) is 4.79 Å². The lowest BCUT2D eigenvalue weighted by Gasteiger charge is -2.28. The predicted octanol–water partition coefficient (Wildman–Crippen LogP) is 3.67. The highest BCUT2D eigenvalue weighted by atomic mass is 32.1. The zero-order valence-corrected chi connectivity index (χ0v) is 16.0. The smallest absolute Gasteiger partial charge is 0.311 e. The van der Waals surface area contributed by atoms with Crippen molar-refractivity contribution in [3.05, 3.63) is 65.4 Å². The third kappa shape index (κ3) is 3.14. The first-order valence-electron chi connectivity index (χ1n) is 9.30. The van der Waals surface area contributed by atoms with Crippen molar-refractivity contribution in [2.24, 2.45) is 0 Å². The molecule has 2 bridgehead atoms. The molecule has 0 aliphatic carbocycles. The lowest BCUT2D eigenvalue weighted by atomic mass is 10.0. The molecule has 1 aromatic carbocycles. The van der Waals surface area contributed by atoms with E-state index in [4.69, 9.17) is 4.84 Å². The van der Waals surface area contributed by atoms with Crippen molar-refractivity contribution < 1.29 is 9.63 Å². The highest BCUT2D eigenvalue weighted by Crippen LogP contribution is 2.40. The number of urea groups is 1. The highest BCUT2D eigenvalue weighted by Gasteiger charge is 2.47. The largest absolute Gasteiger partial charge is 0.344 e. The van der Waals surface area contributed by atoms with Crippen LogP contribution < -0.4 is 0 Å². The maximum atomic E-state index is 12.9. The molecule has 2 saturated heterocycles. The van der Waals surface area contributed by atoms with E-state index in [-0.39, 0.29) is 18.1 Å². The molecule has 4 heterocycles. The van der Waals surface area contributed by atoms with Gasteiger partial charge >= 0.3 is 6.03 Å². The number of carbonyl (C=O) groups excluding carboxylic acids is 1. The molecule has 5 rings (SSSR count).